The first-order valence-corrected chi connectivity index (χ1v) is 9.00. The molecule has 134 valence electrons. The number of fused-ring (bicyclic) bond motifs is 3. The van der Waals surface area contributed by atoms with Gasteiger partial charge < -0.3 is 0 Å². The molecule has 2 fully saturated rings. The minimum absolute atomic E-state index is 0.00170. The molecule has 26 heavy (non-hydrogen) atoms. The number of nitrogens with one attached hydrogen (secondary N) is 2. The van der Waals surface area contributed by atoms with E-state index < -0.39 is 10.8 Å². The summed E-state index contributed by atoms with van der Waals surface area (Å²) in [5.41, 5.74) is 4.06. The van der Waals surface area contributed by atoms with Gasteiger partial charge in [0.1, 0.15) is 5.41 Å². The Morgan fingerprint density at radius 3 is 2.50 bits per heavy atom. The predicted octanol–water partition coefficient (Wildman–Crippen LogP) is 3.00. The maximum absolute atomic E-state index is 12.8. The predicted molar refractivity (Wildman–Crippen MR) is 98.1 cm³/mol. The normalized spacial score (nSPS) is 26.1. The monoisotopic (exact) mass is 350 g/mol. The van der Waals surface area contributed by atoms with Gasteiger partial charge in [-0.25, -0.2) is 0 Å². The number of hydrogen-bond acceptors (Lipinski definition) is 3. The van der Waals surface area contributed by atoms with Gasteiger partial charge in [-0.15, -0.1) is 0 Å². The molecule has 2 unspecified atom stereocenters. The average molecular weight is 350 g/mol. The van der Waals surface area contributed by atoms with Crippen molar-refractivity contribution in [2.24, 2.45) is 16.7 Å². The van der Waals surface area contributed by atoms with E-state index in [1.165, 1.54) is 0 Å². The Labute approximate surface area is 152 Å². The summed E-state index contributed by atoms with van der Waals surface area (Å²) >= 11 is 0. The third-order valence-corrected chi connectivity index (χ3v) is 6.31. The van der Waals surface area contributed by atoms with Crippen molar-refractivity contribution in [2.75, 3.05) is 0 Å². The Morgan fingerprint density at radius 2 is 1.77 bits per heavy atom. The Kier molecular flexibility index (Phi) is 3.65. The third kappa shape index (κ3) is 2.26. The van der Waals surface area contributed by atoms with Crippen LogP contribution in [0.25, 0.3) is 10.8 Å². The lowest BCUT2D eigenvalue weighted by Crippen LogP contribution is -2.52. The lowest BCUT2D eigenvalue weighted by molar-refractivity contribution is -0.145. The lowest BCUT2D eigenvalue weighted by atomic mass is 9.70. The van der Waals surface area contributed by atoms with Crippen molar-refractivity contribution >= 4 is 28.4 Å². The average Bonchev–Trinajstić information content (AvgIpc) is 3.18. The van der Waals surface area contributed by atoms with E-state index in [1.807, 2.05) is 50.2 Å². The zero-order valence-corrected chi connectivity index (χ0v) is 15.0. The zero-order valence-electron chi connectivity index (χ0n) is 15.0. The van der Waals surface area contributed by atoms with Gasteiger partial charge in [0.25, 0.3) is 11.8 Å². The Hall–Kier alpha value is -2.69. The molecule has 5 heteroatoms. The summed E-state index contributed by atoms with van der Waals surface area (Å²) in [6.07, 6.45) is 2.02. The van der Waals surface area contributed by atoms with Crippen molar-refractivity contribution in [1.29, 1.82) is 0 Å². The lowest BCUT2D eigenvalue weighted by Gasteiger charge is -2.32. The van der Waals surface area contributed by atoms with Crippen LogP contribution in [-0.2, 0) is 9.59 Å². The van der Waals surface area contributed by atoms with Gasteiger partial charge in [0.2, 0.25) is 0 Å². The van der Waals surface area contributed by atoms with Crippen LogP contribution in [0.3, 0.4) is 0 Å². The molecule has 2 amide bonds. The number of hydrogen-bond donors (Lipinski definition) is 2. The summed E-state index contributed by atoms with van der Waals surface area (Å²) in [6, 6.07) is 13.0. The maximum atomic E-state index is 12.8. The highest BCUT2D eigenvalue weighted by Crippen LogP contribution is 2.60. The van der Waals surface area contributed by atoms with Crippen LogP contribution in [0.2, 0.25) is 0 Å². The molecule has 4 rings (SSSR count). The number of hydrazine groups is 1. The van der Waals surface area contributed by atoms with Crippen LogP contribution in [-0.4, -0.2) is 17.6 Å². The Balaban J connectivity index is 1.52. The van der Waals surface area contributed by atoms with E-state index in [0.717, 1.165) is 17.2 Å². The van der Waals surface area contributed by atoms with Crippen LogP contribution in [0, 0.1) is 16.7 Å². The number of benzene rings is 2. The van der Waals surface area contributed by atoms with E-state index in [4.69, 9.17) is 0 Å². The second-order valence-corrected chi connectivity index (χ2v) is 8.01. The molecule has 2 bridgehead atoms. The van der Waals surface area contributed by atoms with Gasteiger partial charge in [-0.2, -0.15) is 0 Å². The summed E-state index contributed by atoms with van der Waals surface area (Å²) in [5.74, 6) is -0.525. The summed E-state index contributed by atoms with van der Waals surface area (Å²) in [6.45, 7) is 3.84. The number of carbonyl (C=O) groups is 3. The minimum Gasteiger partial charge on any atom is -0.298 e. The molecule has 2 N–H and O–H groups in total. The van der Waals surface area contributed by atoms with Crippen molar-refractivity contribution in [1.82, 2.24) is 10.9 Å². The molecule has 2 aromatic carbocycles. The molecule has 0 aromatic heterocycles. The fraction of sp³-hybridized carbons (Fsp3) is 0.381. The molecule has 0 radical (unpaired) electrons. The van der Waals surface area contributed by atoms with E-state index in [0.29, 0.717) is 18.4 Å². The van der Waals surface area contributed by atoms with Gasteiger partial charge in [0.15, 0.2) is 5.78 Å². The summed E-state index contributed by atoms with van der Waals surface area (Å²) in [4.78, 5) is 38.1. The van der Waals surface area contributed by atoms with E-state index in [1.54, 1.807) is 6.07 Å². The number of Topliss-reactive ketones (excluding diaryl/α,β-unsaturated/α-hetero) is 1. The van der Waals surface area contributed by atoms with Gasteiger partial charge >= 0.3 is 0 Å². The van der Waals surface area contributed by atoms with E-state index in [9.17, 15) is 14.4 Å². The molecule has 2 aliphatic rings. The van der Waals surface area contributed by atoms with Crippen LogP contribution in [0.4, 0.5) is 0 Å². The van der Waals surface area contributed by atoms with Gasteiger partial charge in [0.05, 0.1) is 0 Å². The maximum Gasteiger partial charge on any atom is 0.270 e. The van der Waals surface area contributed by atoms with Crippen LogP contribution < -0.4 is 10.9 Å². The molecule has 2 aromatic rings. The summed E-state index contributed by atoms with van der Waals surface area (Å²) in [5, 5.41) is 1.77. The molecule has 2 saturated carbocycles. The largest absolute Gasteiger partial charge is 0.298 e. The second kappa shape index (κ2) is 5.66. The number of rotatable bonds is 2. The van der Waals surface area contributed by atoms with Gasteiger partial charge in [0, 0.05) is 11.0 Å². The Bertz CT molecular complexity index is 929. The van der Waals surface area contributed by atoms with Crippen molar-refractivity contribution in [2.45, 2.75) is 33.1 Å². The van der Waals surface area contributed by atoms with E-state index >= 15 is 0 Å². The first-order valence-electron chi connectivity index (χ1n) is 9.00. The van der Waals surface area contributed by atoms with Crippen LogP contribution in [0.1, 0.15) is 43.5 Å². The fourth-order valence-corrected chi connectivity index (χ4v) is 4.70. The first kappa shape index (κ1) is 16.8. The van der Waals surface area contributed by atoms with Crippen LogP contribution in [0.15, 0.2) is 42.5 Å². The van der Waals surface area contributed by atoms with Gasteiger partial charge in [-0.1, -0.05) is 50.2 Å². The highest BCUT2D eigenvalue weighted by atomic mass is 16.2. The topological polar surface area (TPSA) is 75.3 Å². The van der Waals surface area contributed by atoms with Crippen molar-refractivity contribution in [3.05, 3.63) is 48.0 Å². The SMILES string of the molecule is CC1(C)C(=O)C2(C(=O)NNC(=O)c3cccc4ccccc34)CCC1C2. The highest BCUT2D eigenvalue weighted by Gasteiger charge is 2.65. The minimum atomic E-state index is -0.986. The third-order valence-electron chi connectivity index (χ3n) is 6.31. The highest BCUT2D eigenvalue weighted by molar-refractivity contribution is 6.12. The van der Waals surface area contributed by atoms with Crippen molar-refractivity contribution in [3.63, 3.8) is 0 Å². The molecule has 5 nitrogen and oxygen atoms in total. The molecular formula is C21H22N2O3. The van der Waals surface area contributed by atoms with Gasteiger partial charge in [-0.05, 0) is 42.0 Å². The molecule has 0 aliphatic heterocycles. The fourth-order valence-electron chi connectivity index (χ4n) is 4.70. The molecule has 0 spiro atoms. The first-order chi connectivity index (χ1) is 12.4. The molecule has 0 saturated heterocycles. The zero-order chi connectivity index (χ0) is 18.5. The molecule has 2 atom stereocenters. The van der Waals surface area contributed by atoms with E-state index in [2.05, 4.69) is 10.9 Å². The quantitative estimate of drug-likeness (QED) is 0.646. The smallest absolute Gasteiger partial charge is 0.270 e. The van der Waals surface area contributed by atoms with Crippen LogP contribution >= 0.6 is 0 Å². The second-order valence-electron chi connectivity index (χ2n) is 8.01. The van der Waals surface area contributed by atoms with Gasteiger partial charge in [-0.3, -0.25) is 25.2 Å². The number of ketones is 1. The molecule has 0 heterocycles. The van der Waals surface area contributed by atoms with Crippen LogP contribution in [0.5, 0.6) is 0 Å². The summed E-state index contributed by atoms with van der Waals surface area (Å²) < 4.78 is 0. The molecule has 2 aliphatic carbocycles. The van der Waals surface area contributed by atoms with Crippen molar-refractivity contribution < 1.29 is 14.4 Å². The van der Waals surface area contributed by atoms with Crippen molar-refractivity contribution in [3.8, 4) is 0 Å². The number of amides is 2. The standard InChI is InChI=1S/C21H22N2O3/c1-20(2)14-10-11-21(12-14,18(20)25)19(26)23-22-17(24)16-9-5-7-13-6-3-4-8-15(13)16/h3-9,14H,10-12H2,1-2H3,(H,22,24)(H,23,26). The van der Waals surface area contributed by atoms with E-state index in [-0.39, 0.29) is 23.5 Å². The Morgan fingerprint density at radius 1 is 1.04 bits per heavy atom. The molecular weight excluding hydrogens is 328 g/mol. The number of carbonyl (C=O) groups excluding carboxylic acids is 3. The summed E-state index contributed by atoms with van der Waals surface area (Å²) in [7, 11) is 0.